The van der Waals surface area contributed by atoms with Crippen molar-refractivity contribution in [2.24, 2.45) is 0 Å². The van der Waals surface area contributed by atoms with Gasteiger partial charge in [-0.25, -0.2) is 14.2 Å². The number of hydrogen-bond donors (Lipinski definition) is 0. The van der Waals surface area contributed by atoms with Crippen LogP contribution in [0.5, 0.6) is 5.75 Å². The zero-order valence-electron chi connectivity index (χ0n) is 7.84. The van der Waals surface area contributed by atoms with Crippen LogP contribution in [0, 0.1) is 5.82 Å². The smallest absolute Gasteiger partial charge is 0.459 e. The van der Waals surface area contributed by atoms with Crippen LogP contribution in [-0.2, 0) is 4.74 Å². The summed E-state index contributed by atoms with van der Waals surface area (Å²) in [6, 6.07) is 0.606. The Bertz CT molecular complexity index is 408. The van der Waals surface area contributed by atoms with Crippen LogP contribution in [0.3, 0.4) is 0 Å². The minimum Gasteiger partial charge on any atom is -0.464 e. The van der Waals surface area contributed by atoms with Crippen molar-refractivity contribution < 1.29 is 27.4 Å². The second-order valence-corrected chi connectivity index (χ2v) is 3.46. The van der Waals surface area contributed by atoms with E-state index < -0.39 is 28.2 Å². The van der Waals surface area contributed by atoms with Gasteiger partial charge < -0.3 is 9.47 Å². The maximum Gasteiger partial charge on any atom is 0.459 e. The normalized spacial score (nSPS) is 11.1. The SMILES string of the molecule is COC(=O)c1ncc(OC(F)(F)Br)cc1F. The summed E-state index contributed by atoms with van der Waals surface area (Å²) in [6.45, 7) is 0. The number of esters is 1. The number of aromatic nitrogens is 1. The second-order valence-electron chi connectivity index (χ2n) is 2.54. The van der Waals surface area contributed by atoms with Crippen LogP contribution in [0.1, 0.15) is 10.5 Å². The maximum absolute atomic E-state index is 13.2. The molecule has 0 bridgehead atoms. The molecule has 0 saturated heterocycles. The number of carbonyl (C=O) groups excluding carboxylic acids is 1. The highest BCUT2D eigenvalue weighted by molar-refractivity contribution is 9.09. The van der Waals surface area contributed by atoms with E-state index in [1.807, 2.05) is 15.9 Å². The first-order valence-corrected chi connectivity index (χ1v) is 4.62. The van der Waals surface area contributed by atoms with Gasteiger partial charge in [0.1, 0.15) is 5.75 Å². The van der Waals surface area contributed by atoms with Crippen molar-refractivity contribution in [3.05, 3.63) is 23.8 Å². The lowest BCUT2D eigenvalue weighted by molar-refractivity contribution is -0.0806. The molecule has 0 aliphatic rings. The standard InChI is InChI=1S/C8H5BrF3NO3/c1-15-7(14)6-5(10)2-4(3-13-6)16-8(9,11)12/h2-3H,1H3. The third kappa shape index (κ3) is 3.37. The molecule has 1 rings (SSSR count). The van der Waals surface area contributed by atoms with E-state index in [0.29, 0.717) is 6.07 Å². The summed E-state index contributed by atoms with van der Waals surface area (Å²) < 4.78 is 46.0. The van der Waals surface area contributed by atoms with Gasteiger partial charge in [0.2, 0.25) is 0 Å². The summed E-state index contributed by atoms with van der Waals surface area (Å²) in [5.74, 6) is -2.64. The highest BCUT2D eigenvalue weighted by Crippen LogP contribution is 2.27. The number of carbonyl (C=O) groups is 1. The molecule has 0 aromatic carbocycles. The topological polar surface area (TPSA) is 48.4 Å². The first kappa shape index (κ1) is 12.8. The molecule has 0 aliphatic heterocycles. The van der Waals surface area contributed by atoms with E-state index in [-0.39, 0.29) is 0 Å². The van der Waals surface area contributed by atoms with Crippen molar-refractivity contribution in [3.8, 4) is 5.75 Å². The lowest BCUT2D eigenvalue weighted by Crippen LogP contribution is -2.16. The molecule has 0 unspecified atom stereocenters. The van der Waals surface area contributed by atoms with Crippen LogP contribution in [0.2, 0.25) is 0 Å². The number of nitrogens with zero attached hydrogens (tertiary/aromatic N) is 1. The Morgan fingerprint density at radius 3 is 2.62 bits per heavy atom. The quantitative estimate of drug-likeness (QED) is 0.635. The monoisotopic (exact) mass is 299 g/mol. The summed E-state index contributed by atoms with van der Waals surface area (Å²) in [7, 11) is 1.04. The summed E-state index contributed by atoms with van der Waals surface area (Å²) in [5, 5.41) is -3.63. The third-order valence-electron chi connectivity index (χ3n) is 1.43. The van der Waals surface area contributed by atoms with Gasteiger partial charge >= 0.3 is 11.0 Å². The first-order chi connectivity index (χ1) is 7.33. The minimum absolute atomic E-state index is 0.521. The van der Waals surface area contributed by atoms with Gasteiger partial charge in [0, 0.05) is 22.0 Å². The zero-order chi connectivity index (χ0) is 12.3. The summed E-state index contributed by atoms with van der Waals surface area (Å²) in [6.07, 6.45) is 0.782. The Kier molecular flexibility index (Phi) is 3.74. The summed E-state index contributed by atoms with van der Waals surface area (Å²) >= 11 is 1.90. The fourth-order valence-electron chi connectivity index (χ4n) is 0.857. The molecule has 8 heteroatoms. The van der Waals surface area contributed by atoms with Crippen LogP contribution in [0.4, 0.5) is 13.2 Å². The molecule has 0 spiro atoms. The summed E-state index contributed by atoms with van der Waals surface area (Å²) in [4.78, 5) is 14.2. The van der Waals surface area contributed by atoms with E-state index in [4.69, 9.17) is 0 Å². The van der Waals surface area contributed by atoms with E-state index in [9.17, 15) is 18.0 Å². The molecule has 0 aliphatic carbocycles. The van der Waals surface area contributed by atoms with Gasteiger partial charge in [-0.05, 0) is 0 Å². The van der Waals surface area contributed by atoms with Crippen molar-refractivity contribution in [3.63, 3.8) is 0 Å². The number of halogens is 4. The highest BCUT2D eigenvalue weighted by atomic mass is 79.9. The number of pyridine rings is 1. The Morgan fingerprint density at radius 2 is 2.19 bits per heavy atom. The molecule has 1 aromatic rings. The van der Waals surface area contributed by atoms with Crippen molar-refractivity contribution in [2.45, 2.75) is 5.02 Å². The lowest BCUT2D eigenvalue weighted by atomic mass is 10.3. The molecule has 0 N–H and O–H groups in total. The number of methoxy groups -OCH3 is 1. The number of hydrogen-bond acceptors (Lipinski definition) is 4. The van der Waals surface area contributed by atoms with Crippen LogP contribution >= 0.6 is 15.9 Å². The van der Waals surface area contributed by atoms with Gasteiger partial charge in [-0.15, -0.1) is 0 Å². The molecule has 0 saturated carbocycles. The zero-order valence-corrected chi connectivity index (χ0v) is 9.42. The highest BCUT2D eigenvalue weighted by Gasteiger charge is 2.27. The van der Waals surface area contributed by atoms with E-state index in [1.54, 1.807) is 0 Å². The van der Waals surface area contributed by atoms with Crippen LogP contribution in [0.25, 0.3) is 0 Å². The Morgan fingerprint density at radius 1 is 1.56 bits per heavy atom. The average Bonchev–Trinajstić information content (AvgIpc) is 2.14. The molecule has 1 heterocycles. The van der Waals surface area contributed by atoms with Gasteiger partial charge in [-0.2, -0.15) is 8.78 Å². The van der Waals surface area contributed by atoms with Crippen molar-refractivity contribution in [2.75, 3.05) is 7.11 Å². The van der Waals surface area contributed by atoms with Gasteiger partial charge in [0.25, 0.3) is 0 Å². The molecule has 1 aromatic heterocycles. The molecular formula is C8H5BrF3NO3. The Balaban J connectivity index is 2.96. The molecule has 88 valence electrons. The molecule has 0 atom stereocenters. The lowest BCUT2D eigenvalue weighted by Gasteiger charge is -2.10. The number of ether oxygens (including phenoxy) is 2. The molecular weight excluding hydrogens is 295 g/mol. The first-order valence-electron chi connectivity index (χ1n) is 3.83. The molecule has 0 fully saturated rings. The molecule has 0 amide bonds. The van der Waals surface area contributed by atoms with Gasteiger partial charge in [-0.3, -0.25) is 0 Å². The van der Waals surface area contributed by atoms with Gasteiger partial charge in [0.15, 0.2) is 11.5 Å². The van der Waals surface area contributed by atoms with E-state index in [1.165, 1.54) is 0 Å². The predicted molar refractivity (Wildman–Crippen MR) is 50.0 cm³/mol. The summed E-state index contributed by atoms with van der Waals surface area (Å²) in [5.41, 5.74) is -0.604. The predicted octanol–water partition coefficient (Wildman–Crippen LogP) is 2.33. The number of alkyl halides is 3. The maximum atomic E-state index is 13.2. The van der Waals surface area contributed by atoms with Crippen LogP contribution in [0.15, 0.2) is 12.3 Å². The molecule has 16 heavy (non-hydrogen) atoms. The molecule has 4 nitrogen and oxygen atoms in total. The van der Waals surface area contributed by atoms with Crippen LogP contribution in [-0.4, -0.2) is 23.1 Å². The van der Waals surface area contributed by atoms with Crippen molar-refractivity contribution in [1.29, 1.82) is 0 Å². The fraction of sp³-hybridized carbons (Fsp3) is 0.250. The van der Waals surface area contributed by atoms with Gasteiger partial charge in [0.05, 0.1) is 13.3 Å². The van der Waals surface area contributed by atoms with E-state index in [2.05, 4.69) is 14.5 Å². The van der Waals surface area contributed by atoms with Gasteiger partial charge in [-0.1, -0.05) is 0 Å². The third-order valence-corrected chi connectivity index (χ3v) is 1.59. The van der Waals surface area contributed by atoms with Crippen molar-refractivity contribution >= 4 is 21.9 Å². The Hall–Kier alpha value is -1.31. The second kappa shape index (κ2) is 4.69. The van der Waals surface area contributed by atoms with Crippen LogP contribution < -0.4 is 4.74 Å². The minimum atomic E-state index is -3.63. The largest absolute Gasteiger partial charge is 0.464 e. The molecule has 0 radical (unpaired) electrons. The fourth-order valence-corrected chi connectivity index (χ4v) is 1.04. The Labute approximate surface area is 96.5 Å². The van der Waals surface area contributed by atoms with Crippen molar-refractivity contribution in [1.82, 2.24) is 4.98 Å². The average molecular weight is 300 g/mol. The van der Waals surface area contributed by atoms with E-state index in [0.717, 1.165) is 13.3 Å². The number of rotatable bonds is 3. The van der Waals surface area contributed by atoms with E-state index >= 15 is 0 Å².